The van der Waals surface area contributed by atoms with Crippen LogP contribution in [0.1, 0.15) is 11.6 Å². The minimum Gasteiger partial charge on any atom is -0.871 e. The average molecular weight is 485 g/mol. The molecule has 140 valence electrons. The molecule has 2 aromatic heterocycles. The average Bonchev–Trinajstić information content (AvgIpc) is 3.41. The predicted molar refractivity (Wildman–Crippen MR) is 103 cm³/mol. The number of nitrogens with zero attached hydrogens (tertiary/aromatic N) is 4. The van der Waals surface area contributed by atoms with E-state index in [4.69, 9.17) is 0 Å². The fourth-order valence-electron chi connectivity index (χ4n) is 2.09. The van der Waals surface area contributed by atoms with E-state index in [9.17, 15) is 10.2 Å². The quantitative estimate of drug-likeness (QED) is 0.340. The summed E-state index contributed by atoms with van der Waals surface area (Å²) in [6.07, 6.45) is 9.71. The van der Waals surface area contributed by atoms with Crippen LogP contribution in [0, 0.1) is 0 Å². The Morgan fingerprint density at radius 1 is 0.690 bits per heavy atom. The molecular formula is C20H16CdN6O2. The van der Waals surface area contributed by atoms with Crippen LogP contribution in [0.5, 0.6) is 11.5 Å². The first-order chi connectivity index (χ1) is 13.7. The molecule has 0 fully saturated rings. The molecule has 0 atom stereocenters. The van der Waals surface area contributed by atoms with Crippen molar-refractivity contribution in [1.29, 1.82) is 0 Å². The first kappa shape index (κ1) is 22.0. The minimum atomic E-state index is -0.0877. The normalized spacial score (nSPS) is 10.5. The van der Waals surface area contributed by atoms with E-state index in [0.717, 1.165) is 0 Å². The van der Waals surface area contributed by atoms with Crippen LogP contribution in [0.4, 0.5) is 11.4 Å². The number of imidazole rings is 2. The van der Waals surface area contributed by atoms with Crippen LogP contribution in [0.25, 0.3) is 0 Å². The fourth-order valence-corrected chi connectivity index (χ4v) is 2.09. The van der Waals surface area contributed by atoms with E-state index >= 15 is 0 Å². The van der Waals surface area contributed by atoms with Crippen molar-refractivity contribution in [2.45, 2.75) is 0 Å². The summed E-state index contributed by atoms with van der Waals surface area (Å²) in [6, 6.07) is 13.2. The number of aromatic amines is 2. The molecule has 0 aliphatic rings. The van der Waals surface area contributed by atoms with Crippen LogP contribution >= 0.6 is 0 Å². The van der Waals surface area contributed by atoms with Gasteiger partial charge in [0.05, 0.1) is 23.8 Å². The maximum absolute atomic E-state index is 11.2. The van der Waals surface area contributed by atoms with Crippen molar-refractivity contribution >= 4 is 23.8 Å². The first-order valence-electron chi connectivity index (χ1n) is 8.31. The zero-order valence-electron chi connectivity index (χ0n) is 15.4. The van der Waals surface area contributed by atoms with E-state index in [2.05, 4.69) is 29.9 Å². The third kappa shape index (κ3) is 6.99. The molecule has 0 saturated heterocycles. The molecule has 0 spiro atoms. The largest absolute Gasteiger partial charge is 2.00 e. The Morgan fingerprint density at radius 2 is 1.10 bits per heavy atom. The van der Waals surface area contributed by atoms with Crippen molar-refractivity contribution in [2.75, 3.05) is 0 Å². The van der Waals surface area contributed by atoms with E-state index in [1.165, 1.54) is 24.6 Å². The van der Waals surface area contributed by atoms with Gasteiger partial charge in [-0.2, -0.15) is 0 Å². The van der Waals surface area contributed by atoms with Gasteiger partial charge in [0.2, 0.25) is 0 Å². The zero-order chi connectivity index (χ0) is 19.6. The van der Waals surface area contributed by atoms with Crippen LogP contribution < -0.4 is 10.2 Å². The van der Waals surface area contributed by atoms with Crippen molar-refractivity contribution in [1.82, 2.24) is 19.9 Å². The maximum atomic E-state index is 11.2. The molecule has 8 nitrogen and oxygen atoms in total. The molecular weight excluding hydrogens is 469 g/mol. The number of para-hydroxylation sites is 4. The van der Waals surface area contributed by atoms with E-state index in [0.29, 0.717) is 23.0 Å². The molecule has 2 heterocycles. The van der Waals surface area contributed by atoms with Crippen LogP contribution in [-0.2, 0) is 27.3 Å². The summed E-state index contributed by atoms with van der Waals surface area (Å²) in [5.41, 5.74) is 0.841. The molecule has 2 aromatic carbocycles. The Kier molecular flexibility index (Phi) is 8.76. The van der Waals surface area contributed by atoms with Crippen molar-refractivity contribution in [2.24, 2.45) is 9.98 Å². The summed E-state index contributed by atoms with van der Waals surface area (Å²) in [7, 11) is 0. The maximum Gasteiger partial charge on any atom is 2.00 e. The first-order valence-corrected chi connectivity index (χ1v) is 8.31. The Hall–Kier alpha value is -3.28. The van der Waals surface area contributed by atoms with Gasteiger partial charge in [-0.1, -0.05) is 47.9 Å². The monoisotopic (exact) mass is 486 g/mol. The molecule has 29 heavy (non-hydrogen) atoms. The predicted octanol–water partition coefficient (Wildman–Crippen LogP) is 2.47. The molecule has 0 bridgehead atoms. The number of nitrogens with one attached hydrogen (secondary N) is 2. The summed E-state index contributed by atoms with van der Waals surface area (Å²) >= 11 is 0. The van der Waals surface area contributed by atoms with Gasteiger partial charge < -0.3 is 20.2 Å². The second-order valence-electron chi connectivity index (χ2n) is 5.40. The van der Waals surface area contributed by atoms with E-state index in [-0.39, 0.29) is 38.8 Å². The topological polar surface area (TPSA) is 128 Å². The molecule has 0 aliphatic heterocycles. The van der Waals surface area contributed by atoms with Crippen LogP contribution in [0.2, 0.25) is 0 Å². The smallest absolute Gasteiger partial charge is 0.871 e. The van der Waals surface area contributed by atoms with Crippen molar-refractivity contribution in [3.05, 3.63) is 85.0 Å². The fraction of sp³-hybridized carbons (Fsp3) is 0. The third-order valence-electron chi connectivity index (χ3n) is 3.42. The number of benzene rings is 2. The zero-order valence-corrected chi connectivity index (χ0v) is 19.4. The SMILES string of the molecule is [Cd+2].[O-]c1ccccc1N=Cc1ncc[nH]1.[O-]c1ccccc1N=Cc1ncc[nH]1. The van der Waals surface area contributed by atoms with Crippen molar-refractivity contribution in [3.63, 3.8) is 0 Å². The summed E-state index contributed by atoms with van der Waals surface area (Å²) in [6.45, 7) is 0. The molecule has 9 heteroatoms. The summed E-state index contributed by atoms with van der Waals surface area (Å²) in [5, 5.41) is 22.5. The molecule has 0 saturated carbocycles. The van der Waals surface area contributed by atoms with E-state index < -0.39 is 0 Å². The number of hydrogen-bond donors (Lipinski definition) is 2. The Bertz CT molecular complexity index is 961. The van der Waals surface area contributed by atoms with Gasteiger partial charge in [-0.05, 0) is 12.1 Å². The van der Waals surface area contributed by atoms with Gasteiger partial charge in [0.1, 0.15) is 11.6 Å². The number of aromatic nitrogens is 4. The minimum absolute atomic E-state index is 0. The number of rotatable bonds is 4. The molecule has 0 radical (unpaired) electrons. The molecule has 0 amide bonds. The van der Waals surface area contributed by atoms with Gasteiger partial charge >= 0.3 is 27.3 Å². The van der Waals surface area contributed by atoms with Crippen molar-refractivity contribution in [3.8, 4) is 11.5 Å². The second kappa shape index (κ2) is 11.5. The Morgan fingerprint density at radius 3 is 1.45 bits per heavy atom. The standard InChI is InChI=1S/2C10H9N3O.Cd/c2*14-9-4-2-1-3-8(9)13-7-10-11-5-6-12-10;/h2*1-7,14H,(H,11,12);/q;;+2/p-2. The number of H-pyrrole nitrogens is 2. The summed E-state index contributed by atoms with van der Waals surface area (Å²) < 4.78 is 0. The van der Waals surface area contributed by atoms with Crippen LogP contribution in [0.15, 0.2) is 83.3 Å². The van der Waals surface area contributed by atoms with Gasteiger partial charge in [0, 0.05) is 24.8 Å². The molecule has 0 unspecified atom stereocenters. The van der Waals surface area contributed by atoms with E-state index in [1.807, 2.05) is 0 Å². The van der Waals surface area contributed by atoms with Crippen LogP contribution in [0.3, 0.4) is 0 Å². The van der Waals surface area contributed by atoms with Gasteiger partial charge in [0.25, 0.3) is 0 Å². The molecule has 0 aliphatic carbocycles. The number of hydrogen-bond acceptors (Lipinski definition) is 6. The van der Waals surface area contributed by atoms with Gasteiger partial charge in [0.15, 0.2) is 0 Å². The number of aliphatic imine (C=N–C) groups is 2. The van der Waals surface area contributed by atoms with Gasteiger partial charge in [-0.15, -0.1) is 0 Å². The molecule has 2 N–H and O–H groups in total. The van der Waals surface area contributed by atoms with E-state index in [1.54, 1.807) is 61.2 Å². The summed E-state index contributed by atoms with van der Waals surface area (Å²) in [4.78, 5) is 21.7. The third-order valence-corrected chi connectivity index (χ3v) is 3.42. The van der Waals surface area contributed by atoms with Gasteiger partial charge in [-0.25, -0.2) is 9.97 Å². The summed E-state index contributed by atoms with van der Waals surface area (Å²) in [5.74, 6) is 1.09. The van der Waals surface area contributed by atoms with Gasteiger partial charge in [-0.3, -0.25) is 9.98 Å². The van der Waals surface area contributed by atoms with Crippen molar-refractivity contribution < 1.29 is 37.5 Å². The molecule has 4 aromatic rings. The second-order valence-corrected chi connectivity index (χ2v) is 5.40. The Labute approximate surface area is 187 Å². The Balaban J connectivity index is 0.000000200. The molecule has 4 rings (SSSR count). The van der Waals surface area contributed by atoms with Crippen LogP contribution in [-0.4, -0.2) is 32.4 Å².